The third-order valence-corrected chi connectivity index (χ3v) is 5.29. The molecule has 29 heavy (non-hydrogen) atoms. The summed E-state index contributed by atoms with van der Waals surface area (Å²) in [4.78, 5) is 13.8. The van der Waals surface area contributed by atoms with E-state index >= 15 is 0 Å². The van der Waals surface area contributed by atoms with Crippen molar-refractivity contribution in [3.63, 3.8) is 0 Å². The number of rotatable bonds is 2. The molecular weight excluding hydrogens is 427 g/mol. The first-order valence-electron chi connectivity index (χ1n) is 8.22. The molecule has 0 saturated carbocycles. The fraction of sp³-hybridized carbons (Fsp3) is 0.316. The van der Waals surface area contributed by atoms with Crippen molar-refractivity contribution in [1.29, 1.82) is 0 Å². The molecule has 0 bridgehead atoms. The summed E-state index contributed by atoms with van der Waals surface area (Å²) in [7, 11) is 0. The van der Waals surface area contributed by atoms with Crippen molar-refractivity contribution in [2.45, 2.75) is 37.4 Å². The fourth-order valence-electron chi connectivity index (χ4n) is 3.40. The average Bonchev–Trinajstić information content (AvgIpc) is 2.84. The quantitative estimate of drug-likeness (QED) is 0.297. The number of benzene rings is 2. The van der Waals surface area contributed by atoms with Crippen LogP contribution in [-0.4, -0.2) is 18.3 Å². The highest BCUT2D eigenvalue weighted by Gasteiger charge is 2.73. The Morgan fingerprint density at radius 1 is 0.897 bits per heavy atom. The number of nitrogens with zero attached hydrogens (tertiary/aromatic N) is 1. The van der Waals surface area contributed by atoms with E-state index in [9.17, 15) is 35.5 Å². The molecule has 1 unspecified atom stereocenters. The van der Waals surface area contributed by atoms with E-state index in [0.717, 1.165) is 11.0 Å². The van der Waals surface area contributed by atoms with E-state index < -0.39 is 35.0 Å². The Morgan fingerprint density at radius 3 is 1.97 bits per heavy atom. The summed E-state index contributed by atoms with van der Waals surface area (Å²) in [5.41, 5.74) is -6.96. The second-order valence-electron chi connectivity index (χ2n) is 6.71. The fourth-order valence-corrected chi connectivity index (χ4v) is 3.78. The van der Waals surface area contributed by atoms with Crippen LogP contribution in [0.4, 0.5) is 36.4 Å². The molecule has 0 aliphatic carbocycles. The van der Waals surface area contributed by atoms with Gasteiger partial charge in [0.15, 0.2) is 0 Å². The van der Waals surface area contributed by atoms with Crippen molar-refractivity contribution in [1.82, 2.24) is 0 Å². The minimum atomic E-state index is -6.22. The van der Waals surface area contributed by atoms with E-state index in [1.165, 1.54) is 6.92 Å². The summed E-state index contributed by atoms with van der Waals surface area (Å²) in [6.07, 6.45) is -12.4. The lowest BCUT2D eigenvalue weighted by Crippen LogP contribution is -2.50. The van der Waals surface area contributed by atoms with Crippen molar-refractivity contribution < 1.29 is 35.5 Å². The van der Waals surface area contributed by atoms with Crippen LogP contribution in [0.25, 0.3) is 0 Å². The molecule has 1 aliphatic heterocycles. The SMILES string of the molecule is Cc1cc(C(F)(C(F)(F)F)C(F)(F)F)ccc1N1C(=O)c2c(C)cccc2C1Cl. The van der Waals surface area contributed by atoms with Crippen molar-refractivity contribution in [3.05, 3.63) is 64.2 Å². The number of halogens is 8. The van der Waals surface area contributed by atoms with Crippen LogP contribution >= 0.6 is 11.6 Å². The highest BCUT2D eigenvalue weighted by atomic mass is 35.5. The van der Waals surface area contributed by atoms with Crippen LogP contribution in [-0.2, 0) is 5.67 Å². The summed E-state index contributed by atoms with van der Waals surface area (Å²) in [5, 5.41) is 0. The van der Waals surface area contributed by atoms with Gasteiger partial charge < -0.3 is 0 Å². The van der Waals surface area contributed by atoms with Gasteiger partial charge >= 0.3 is 18.0 Å². The zero-order valence-electron chi connectivity index (χ0n) is 14.9. The minimum Gasteiger partial charge on any atom is -0.287 e. The molecule has 2 aromatic rings. The molecule has 1 aliphatic rings. The lowest BCUT2D eigenvalue weighted by Gasteiger charge is -2.31. The Balaban J connectivity index is 2.10. The summed E-state index contributed by atoms with van der Waals surface area (Å²) in [6, 6.07) is 6.58. The number of anilines is 1. The number of hydrogen-bond acceptors (Lipinski definition) is 1. The lowest BCUT2D eigenvalue weighted by molar-refractivity contribution is -0.348. The molecule has 1 heterocycles. The van der Waals surface area contributed by atoms with E-state index in [1.54, 1.807) is 25.1 Å². The molecule has 0 aromatic heterocycles. The van der Waals surface area contributed by atoms with E-state index in [1.807, 2.05) is 0 Å². The Hall–Kier alpha value is -2.29. The number of carbonyl (C=O) groups excluding carboxylic acids is 1. The van der Waals surface area contributed by atoms with Gasteiger partial charge in [-0.25, -0.2) is 4.39 Å². The highest BCUT2D eigenvalue weighted by molar-refractivity contribution is 6.29. The van der Waals surface area contributed by atoms with Crippen LogP contribution in [0.15, 0.2) is 36.4 Å². The lowest BCUT2D eigenvalue weighted by atomic mass is 9.92. The second-order valence-corrected chi connectivity index (χ2v) is 7.12. The first-order valence-corrected chi connectivity index (χ1v) is 8.66. The van der Waals surface area contributed by atoms with E-state index in [-0.39, 0.29) is 11.3 Å². The molecule has 1 amide bonds. The van der Waals surface area contributed by atoms with E-state index in [4.69, 9.17) is 11.6 Å². The first-order chi connectivity index (χ1) is 13.2. The molecule has 0 radical (unpaired) electrons. The Morgan fingerprint density at radius 2 is 1.48 bits per heavy atom. The minimum absolute atomic E-state index is 0.0129. The molecule has 156 valence electrons. The first kappa shape index (κ1) is 21.4. The Bertz CT molecular complexity index is 969. The number of amides is 1. The standard InChI is InChI=1S/C19H13ClF7NO/c1-9-4-3-5-12-14(9)16(29)28(15(12)20)13-7-6-11(8-10(13)2)17(21,18(22,23)24)19(25,26)27/h3-8,15H,1-2H3. The molecule has 3 rings (SSSR count). The van der Waals surface area contributed by atoms with E-state index in [2.05, 4.69) is 0 Å². The van der Waals surface area contributed by atoms with Crippen LogP contribution in [0, 0.1) is 13.8 Å². The molecule has 1 atom stereocenters. The maximum Gasteiger partial charge on any atom is 0.435 e. The number of carbonyl (C=O) groups is 1. The monoisotopic (exact) mass is 439 g/mol. The van der Waals surface area contributed by atoms with Crippen LogP contribution in [0.3, 0.4) is 0 Å². The normalized spacial score (nSPS) is 17.7. The zero-order valence-corrected chi connectivity index (χ0v) is 15.7. The second kappa shape index (κ2) is 6.62. The van der Waals surface area contributed by atoms with Gasteiger partial charge in [0, 0.05) is 22.4 Å². The number of aryl methyl sites for hydroxylation is 2. The third kappa shape index (κ3) is 3.06. The molecule has 0 saturated heterocycles. The summed E-state index contributed by atoms with van der Waals surface area (Å²) < 4.78 is 92.2. The molecule has 2 nitrogen and oxygen atoms in total. The Labute approximate surface area is 165 Å². The van der Waals surface area contributed by atoms with Crippen molar-refractivity contribution in [2.75, 3.05) is 4.90 Å². The van der Waals surface area contributed by atoms with Gasteiger partial charge in [0.05, 0.1) is 0 Å². The summed E-state index contributed by atoms with van der Waals surface area (Å²) >= 11 is 6.33. The van der Waals surface area contributed by atoms with Crippen molar-refractivity contribution >= 4 is 23.2 Å². The maximum absolute atomic E-state index is 14.3. The summed E-state index contributed by atoms with van der Waals surface area (Å²) in [6.45, 7) is 2.85. The largest absolute Gasteiger partial charge is 0.435 e. The maximum atomic E-state index is 14.3. The van der Waals surface area contributed by atoms with Gasteiger partial charge in [-0.15, -0.1) is 0 Å². The molecule has 0 N–H and O–H groups in total. The van der Waals surface area contributed by atoms with Gasteiger partial charge in [-0.05, 0) is 31.0 Å². The molecule has 10 heteroatoms. The topological polar surface area (TPSA) is 20.3 Å². The summed E-state index contributed by atoms with van der Waals surface area (Å²) in [5.74, 6) is -0.549. The predicted octanol–water partition coefficient (Wildman–Crippen LogP) is 6.49. The van der Waals surface area contributed by atoms with Gasteiger partial charge in [0.2, 0.25) is 0 Å². The average molecular weight is 440 g/mol. The zero-order chi connectivity index (χ0) is 21.9. The molecule has 2 aromatic carbocycles. The van der Waals surface area contributed by atoms with Gasteiger partial charge in [0.25, 0.3) is 5.91 Å². The van der Waals surface area contributed by atoms with Gasteiger partial charge in [0.1, 0.15) is 5.50 Å². The van der Waals surface area contributed by atoms with Crippen LogP contribution in [0.5, 0.6) is 0 Å². The molecule has 0 fully saturated rings. The smallest absolute Gasteiger partial charge is 0.287 e. The van der Waals surface area contributed by atoms with Crippen molar-refractivity contribution in [2.24, 2.45) is 0 Å². The van der Waals surface area contributed by atoms with Crippen LogP contribution < -0.4 is 4.90 Å². The number of hydrogen-bond donors (Lipinski definition) is 0. The van der Waals surface area contributed by atoms with Gasteiger partial charge in [-0.3, -0.25) is 9.69 Å². The van der Waals surface area contributed by atoms with Gasteiger partial charge in [-0.2, -0.15) is 26.3 Å². The predicted molar refractivity (Wildman–Crippen MR) is 92.7 cm³/mol. The Kier molecular flexibility index (Phi) is 4.89. The highest BCUT2D eigenvalue weighted by Crippen LogP contribution is 2.54. The van der Waals surface area contributed by atoms with Gasteiger partial charge in [-0.1, -0.05) is 41.9 Å². The van der Waals surface area contributed by atoms with Crippen molar-refractivity contribution in [3.8, 4) is 0 Å². The molecule has 0 spiro atoms. The van der Waals surface area contributed by atoms with E-state index in [0.29, 0.717) is 28.8 Å². The van der Waals surface area contributed by atoms with Crippen LogP contribution in [0.1, 0.15) is 38.1 Å². The third-order valence-electron chi connectivity index (χ3n) is 4.86. The molecular formula is C19H13ClF7NO. The van der Waals surface area contributed by atoms with Crippen LogP contribution in [0.2, 0.25) is 0 Å². The number of fused-ring (bicyclic) bond motifs is 1. The number of alkyl halides is 8.